The van der Waals surface area contributed by atoms with Gasteiger partial charge in [-0.3, -0.25) is 24.0 Å². The molecule has 0 aliphatic carbocycles. The smallest absolute Gasteiger partial charge is 0.271 e. The zero-order valence-corrected chi connectivity index (χ0v) is 25.0. The molecule has 4 aromatic carbocycles. The maximum atomic E-state index is 14.3. The number of nitro benzene ring substituents is 1. The van der Waals surface area contributed by atoms with E-state index in [0.29, 0.717) is 11.3 Å². The van der Waals surface area contributed by atoms with E-state index < -0.39 is 39.3 Å². The van der Waals surface area contributed by atoms with E-state index in [1.165, 1.54) is 61.5 Å². The zero-order chi connectivity index (χ0) is 31.7. The van der Waals surface area contributed by atoms with Crippen molar-refractivity contribution in [2.75, 3.05) is 25.0 Å². The Bertz CT molecular complexity index is 1720. The molecule has 0 saturated carbocycles. The molecule has 0 fully saturated rings. The number of benzene rings is 4. The number of sulfonamides is 1. The molecule has 1 N–H and O–H groups in total. The second-order valence-corrected chi connectivity index (χ2v) is 11.7. The number of amides is 2. The van der Waals surface area contributed by atoms with Crippen molar-refractivity contribution in [1.29, 1.82) is 0 Å². The van der Waals surface area contributed by atoms with Gasteiger partial charge >= 0.3 is 0 Å². The highest BCUT2D eigenvalue weighted by Gasteiger charge is 2.34. The first-order valence-corrected chi connectivity index (χ1v) is 15.1. The SMILES string of the molecule is CNC(=O)C(Cc1ccccc1)N(Cc1cccc(OC)c1)C(=O)CN(c1cccc([N+](=O)[O-])c1)S(=O)(=O)c1ccccc1. The molecule has 44 heavy (non-hydrogen) atoms. The third kappa shape index (κ3) is 7.58. The summed E-state index contributed by atoms with van der Waals surface area (Å²) in [6.45, 7) is -0.778. The molecule has 2 amide bonds. The highest BCUT2D eigenvalue weighted by atomic mass is 32.2. The number of hydrogen-bond acceptors (Lipinski definition) is 7. The molecule has 0 saturated heterocycles. The third-order valence-corrected chi connectivity index (χ3v) is 8.73. The highest BCUT2D eigenvalue weighted by molar-refractivity contribution is 7.92. The third-order valence-electron chi connectivity index (χ3n) is 6.94. The Labute approximate surface area is 255 Å². The predicted octanol–water partition coefficient (Wildman–Crippen LogP) is 4.18. The number of nitrogens with one attached hydrogen (secondary N) is 1. The predicted molar refractivity (Wildman–Crippen MR) is 166 cm³/mol. The van der Waals surface area contributed by atoms with Crippen molar-refractivity contribution in [3.63, 3.8) is 0 Å². The first kappa shape index (κ1) is 31.7. The van der Waals surface area contributed by atoms with Crippen molar-refractivity contribution in [2.24, 2.45) is 0 Å². The molecular formula is C32H32N4O7S. The molecular weight excluding hydrogens is 584 g/mol. The molecule has 0 radical (unpaired) electrons. The molecule has 4 aromatic rings. The Morgan fingerprint density at radius 2 is 1.52 bits per heavy atom. The van der Waals surface area contributed by atoms with Crippen LogP contribution in [-0.4, -0.2) is 56.8 Å². The van der Waals surface area contributed by atoms with Crippen LogP contribution in [0.4, 0.5) is 11.4 Å². The van der Waals surface area contributed by atoms with Gasteiger partial charge in [-0.25, -0.2) is 8.42 Å². The molecule has 0 aliphatic heterocycles. The molecule has 11 nitrogen and oxygen atoms in total. The molecule has 4 rings (SSSR count). The average molecular weight is 617 g/mol. The van der Waals surface area contributed by atoms with Crippen LogP contribution >= 0.6 is 0 Å². The summed E-state index contributed by atoms with van der Waals surface area (Å²) in [5, 5.41) is 14.2. The van der Waals surface area contributed by atoms with Gasteiger partial charge in [-0.15, -0.1) is 0 Å². The Balaban J connectivity index is 1.82. The van der Waals surface area contributed by atoms with Gasteiger partial charge in [0.05, 0.1) is 22.6 Å². The van der Waals surface area contributed by atoms with Gasteiger partial charge in [0.2, 0.25) is 11.8 Å². The lowest BCUT2D eigenvalue weighted by molar-refractivity contribution is -0.384. The van der Waals surface area contributed by atoms with E-state index in [2.05, 4.69) is 5.32 Å². The molecule has 228 valence electrons. The van der Waals surface area contributed by atoms with Crippen molar-refractivity contribution in [2.45, 2.75) is 23.9 Å². The molecule has 1 unspecified atom stereocenters. The van der Waals surface area contributed by atoms with Gasteiger partial charge in [0.25, 0.3) is 15.7 Å². The number of carbonyl (C=O) groups excluding carboxylic acids is 2. The average Bonchev–Trinajstić information content (AvgIpc) is 3.05. The van der Waals surface area contributed by atoms with Gasteiger partial charge in [-0.1, -0.05) is 66.7 Å². The number of hydrogen-bond donors (Lipinski definition) is 1. The molecule has 12 heteroatoms. The normalized spacial score (nSPS) is 11.7. The summed E-state index contributed by atoms with van der Waals surface area (Å²) in [5.74, 6) is -0.597. The molecule has 1 atom stereocenters. The van der Waals surface area contributed by atoms with Crippen LogP contribution in [0.25, 0.3) is 0 Å². The second kappa shape index (κ2) is 14.3. The summed E-state index contributed by atoms with van der Waals surface area (Å²) in [5.41, 5.74) is 1.02. The second-order valence-electron chi connectivity index (χ2n) is 9.79. The van der Waals surface area contributed by atoms with E-state index in [-0.39, 0.29) is 29.2 Å². The van der Waals surface area contributed by atoms with Crippen LogP contribution in [-0.2, 0) is 32.6 Å². The standard InChI is InChI=1S/C32H32N4O7S/c1-33-32(38)30(20-24-11-5-3-6-12-24)34(22-25-13-9-16-28(19-25)43-2)31(37)23-35(26-14-10-15-27(21-26)36(39)40)44(41,42)29-17-7-4-8-18-29/h3-19,21,30H,20,22-23H2,1-2H3,(H,33,38). The fraction of sp³-hybridized carbons (Fsp3) is 0.188. The lowest BCUT2D eigenvalue weighted by Crippen LogP contribution is -2.53. The fourth-order valence-electron chi connectivity index (χ4n) is 4.70. The maximum absolute atomic E-state index is 14.3. The van der Waals surface area contributed by atoms with Crippen molar-refractivity contribution in [3.8, 4) is 5.75 Å². The van der Waals surface area contributed by atoms with Crippen LogP contribution in [0.1, 0.15) is 11.1 Å². The summed E-state index contributed by atoms with van der Waals surface area (Å²) in [7, 11) is -1.40. The van der Waals surface area contributed by atoms with Gasteiger partial charge < -0.3 is 15.0 Å². The molecule has 0 aromatic heterocycles. The number of rotatable bonds is 13. The van der Waals surface area contributed by atoms with Crippen molar-refractivity contribution in [1.82, 2.24) is 10.2 Å². The monoisotopic (exact) mass is 616 g/mol. The topological polar surface area (TPSA) is 139 Å². The van der Waals surface area contributed by atoms with Crippen LogP contribution in [0, 0.1) is 10.1 Å². The number of carbonyl (C=O) groups is 2. The Morgan fingerprint density at radius 1 is 0.886 bits per heavy atom. The largest absolute Gasteiger partial charge is 0.497 e. The lowest BCUT2D eigenvalue weighted by atomic mass is 10.0. The quantitative estimate of drug-likeness (QED) is 0.176. The first-order chi connectivity index (χ1) is 21.1. The molecule has 0 heterocycles. The number of ether oxygens (including phenoxy) is 1. The number of nitro groups is 1. The van der Waals surface area contributed by atoms with Crippen LogP contribution in [0.3, 0.4) is 0 Å². The van der Waals surface area contributed by atoms with E-state index in [4.69, 9.17) is 4.74 Å². The minimum atomic E-state index is -4.38. The Kier molecular flexibility index (Phi) is 10.3. The zero-order valence-electron chi connectivity index (χ0n) is 24.2. The van der Waals surface area contributed by atoms with E-state index in [9.17, 15) is 28.1 Å². The number of non-ortho nitro benzene ring substituents is 1. The summed E-state index contributed by atoms with van der Waals surface area (Å²) in [6, 6.07) is 27.6. The summed E-state index contributed by atoms with van der Waals surface area (Å²) in [6.07, 6.45) is 0.151. The van der Waals surface area contributed by atoms with E-state index in [1.807, 2.05) is 30.3 Å². The highest BCUT2D eigenvalue weighted by Crippen LogP contribution is 2.28. The minimum Gasteiger partial charge on any atom is -0.497 e. The van der Waals surface area contributed by atoms with Gasteiger partial charge in [-0.05, 0) is 41.5 Å². The number of likely N-dealkylation sites (N-methyl/N-ethyl adjacent to an activating group) is 1. The summed E-state index contributed by atoms with van der Waals surface area (Å²) in [4.78, 5) is 39.8. The van der Waals surface area contributed by atoms with Crippen molar-refractivity contribution in [3.05, 3.63) is 130 Å². The first-order valence-electron chi connectivity index (χ1n) is 13.6. The van der Waals surface area contributed by atoms with Crippen molar-refractivity contribution >= 4 is 33.2 Å². The van der Waals surface area contributed by atoms with Crippen LogP contribution in [0.2, 0.25) is 0 Å². The number of nitrogens with zero attached hydrogens (tertiary/aromatic N) is 3. The van der Waals surface area contributed by atoms with Gasteiger partial charge in [0.1, 0.15) is 18.3 Å². The summed E-state index contributed by atoms with van der Waals surface area (Å²) >= 11 is 0. The Morgan fingerprint density at radius 3 is 2.16 bits per heavy atom. The van der Waals surface area contributed by atoms with E-state index in [1.54, 1.807) is 30.3 Å². The summed E-state index contributed by atoms with van der Waals surface area (Å²) < 4.78 is 34.1. The van der Waals surface area contributed by atoms with Crippen LogP contribution in [0.15, 0.2) is 114 Å². The molecule has 0 aliphatic rings. The molecule has 0 bridgehead atoms. The van der Waals surface area contributed by atoms with Gasteiger partial charge in [-0.2, -0.15) is 0 Å². The van der Waals surface area contributed by atoms with E-state index >= 15 is 0 Å². The lowest BCUT2D eigenvalue weighted by Gasteiger charge is -2.33. The molecule has 0 spiro atoms. The van der Waals surface area contributed by atoms with E-state index in [0.717, 1.165) is 15.9 Å². The van der Waals surface area contributed by atoms with Crippen LogP contribution < -0.4 is 14.4 Å². The number of anilines is 1. The Hall–Kier alpha value is -5.23. The minimum absolute atomic E-state index is 0.0465. The van der Waals surface area contributed by atoms with Gasteiger partial charge in [0, 0.05) is 32.1 Å². The number of methoxy groups -OCH3 is 1. The van der Waals surface area contributed by atoms with Crippen LogP contribution in [0.5, 0.6) is 5.75 Å². The maximum Gasteiger partial charge on any atom is 0.271 e. The van der Waals surface area contributed by atoms with Gasteiger partial charge in [0.15, 0.2) is 0 Å². The van der Waals surface area contributed by atoms with Crippen molar-refractivity contribution < 1.29 is 27.7 Å². The fourth-order valence-corrected chi connectivity index (χ4v) is 6.13.